The Labute approximate surface area is 178 Å². The van der Waals surface area contributed by atoms with Crippen LogP contribution in [0.1, 0.15) is 55.7 Å². The van der Waals surface area contributed by atoms with E-state index in [9.17, 15) is 22.8 Å². The van der Waals surface area contributed by atoms with E-state index in [1.165, 1.54) is 30.1 Å². The standard InChI is InChI=1S/C20H17F3N4O3S/c1-10-16(18(29)30-2)31-19(25-10)26-17(28)14-9-24-27(15(14)11-6-7-11)13-5-3-4-12(8-13)20(21,22)23/h3-5,8-9,11H,6-7H2,1-2H3,(H,25,26,28). The Morgan fingerprint density at radius 1 is 1.29 bits per heavy atom. The lowest BCUT2D eigenvalue weighted by Gasteiger charge is -2.12. The molecule has 1 amide bonds. The molecule has 31 heavy (non-hydrogen) atoms. The molecule has 7 nitrogen and oxygen atoms in total. The Morgan fingerprint density at radius 2 is 2.03 bits per heavy atom. The molecule has 0 bridgehead atoms. The van der Waals surface area contributed by atoms with Crippen molar-refractivity contribution in [1.29, 1.82) is 0 Å². The molecule has 0 saturated heterocycles. The van der Waals surface area contributed by atoms with Crippen LogP contribution in [0.25, 0.3) is 5.69 Å². The Hall–Kier alpha value is -3.21. The molecule has 1 aliphatic rings. The largest absolute Gasteiger partial charge is 0.465 e. The van der Waals surface area contributed by atoms with Crippen LogP contribution in [0.2, 0.25) is 0 Å². The van der Waals surface area contributed by atoms with E-state index in [2.05, 4.69) is 15.4 Å². The molecule has 1 aromatic carbocycles. The predicted molar refractivity (Wildman–Crippen MR) is 107 cm³/mol. The first-order valence-electron chi connectivity index (χ1n) is 9.31. The highest BCUT2D eigenvalue weighted by Crippen LogP contribution is 2.43. The number of benzene rings is 1. The number of carbonyl (C=O) groups is 2. The summed E-state index contributed by atoms with van der Waals surface area (Å²) in [5.74, 6) is -1.02. The van der Waals surface area contributed by atoms with E-state index in [0.29, 0.717) is 11.4 Å². The molecule has 2 aromatic heterocycles. The number of halogens is 3. The smallest absolute Gasteiger partial charge is 0.416 e. The molecule has 0 aliphatic heterocycles. The highest BCUT2D eigenvalue weighted by Gasteiger charge is 2.35. The minimum atomic E-state index is -4.48. The number of hydrogen-bond donors (Lipinski definition) is 1. The predicted octanol–water partition coefficient (Wildman–Crippen LogP) is 4.57. The molecule has 1 fully saturated rings. The normalized spacial score (nSPS) is 13.8. The number of aryl methyl sites for hydroxylation is 1. The van der Waals surface area contributed by atoms with Crippen molar-refractivity contribution in [3.63, 3.8) is 0 Å². The van der Waals surface area contributed by atoms with Gasteiger partial charge in [0.05, 0.1) is 41.5 Å². The van der Waals surface area contributed by atoms with Gasteiger partial charge in [0.15, 0.2) is 5.13 Å². The van der Waals surface area contributed by atoms with Crippen LogP contribution in [0.4, 0.5) is 18.3 Å². The van der Waals surface area contributed by atoms with Gasteiger partial charge in [-0.3, -0.25) is 10.1 Å². The van der Waals surface area contributed by atoms with Gasteiger partial charge in [-0.15, -0.1) is 0 Å². The maximum absolute atomic E-state index is 13.1. The molecule has 0 radical (unpaired) electrons. The minimum Gasteiger partial charge on any atom is -0.465 e. The number of nitrogens with one attached hydrogen (secondary N) is 1. The highest BCUT2D eigenvalue weighted by atomic mass is 32.1. The summed E-state index contributed by atoms with van der Waals surface area (Å²) in [5, 5.41) is 7.06. The van der Waals surface area contributed by atoms with E-state index in [-0.39, 0.29) is 27.2 Å². The number of ether oxygens (including phenoxy) is 1. The number of nitrogens with zero attached hydrogens (tertiary/aromatic N) is 3. The molecule has 4 rings (SSSR count). The number of alkyl halides is 3. The number of anilines is 1. The summed E-state index contributed by atoms with van der Waals surface area (Å²) in [6.45, 7) is 1.62. The number of esters is 1. The van der Waals surface area contributed by atoms with Crippen molar-refractivity contribution in [2.45, 2.75) is 31.9 Å². The van der Waals surface area contributed by atoms with Crippen LogP contribution in [-0.4, -0.2) is 33.8 Å². The Bertz CT molecular complexity index is 1160. The molecule has 1 saturated carbocycles. The SMILES string of the molecule is COC(=O)c1sc(NC(=O)c2cnn(-c3cccc(C(F)(F)F)c3)c2C2CC2)nc1C. The molecule has 3 aromatic rings. The molecular weight excluding hydrogens is 433 g/mol. The number of rotatable bonds is 5. The van der Waals surface area contributed by atoms with Crippen molar-refractivity contribution in [1.82, 2.24) is 14.8 Å². The average Bonchev–Trinajstić information content (AvgIpc) is 3.36. The second-order valence-electron chi connectivity index (χ2n) is 7.06. The number of thiazole rings is 1. The molecule has 0 spiro atoms. The fourth-order valence-corrected chi connectivity index (χ4v) is 4.08. The minimum absolute atomic E-state index is 0.0291. The second-order valence-corrected chi connectivity index (χ2v) is 8.06. The Morgan fingerprint density at radius 3 is 2.68 bits per heavy atom. The van der Waals surface area contributed by atoms with Crippen LogP contribution in [0.15, 0.2) is 30.5 Å². The second kappa shape index (κ2) is 7.80. The first-order chi connectivity index (χ1) is 14.7. The number of aromatic nitrogens is 3. The Balaban J connectivity index is 1.66. The van der Waals surface area contributed by atoms with Crippen molar-refractivity contribution in [3.05, 3.63) is 57.9 Å². The van der Waals surface area contributed by atoms with Crippen LogP contribution in [0.3, 0.4) is 0 Å². The van der Waals surface area contributed by atoms with Gasteiger partial charge in [0.25, 0.3) is 5.91 Å². The third-order valence-electron chi connectivity index (χ3n) is 4.82. The van der Waals surface area contributed by atoms with Gasteiger partial charge in [0, 0.05) is 5.92 Å². The quantitative estimate of drug-likeness (QED) is 0.576. The summed E-state index contributed by atoms with van der Waals surface area (Å²) in [4.78, 5) is 29.1. The van der Waals surface area contributed by atoms with E-state index in [0.717, 1.165) is 36.3 Å². The topological polar surface area (TPSA) is 86.1 Å². The maximum atomic E-state index is 13.1. The first kappa shape index (κ1) is 21.0. The summed E-state index contributed by atoms with van der Waals surface area (Å²) in [5.41, 5.74) is 0.676. The fourth-order valence-electron chi connectivity index (χ4n) is 3.20. The van der Waals surface area contributed by atoms with Crippen LogP contribution >= 0.6 is 11.3 Å². The summed E-state index contributed by atoms with van der Waals surface area (Å²) in [7, 11) is 1.25. The van der Waals surface area contributed by atoms with Crippen molar-refractivity contribution >= 4 is 28.3 Å². The third-order valence-corrected chi connectivity index (χ3v) is 5.87. The zero-order valence-electron chi connectivity index (χ0n) is 16.5. The maximum Gasteiger partial charge on any atom is 0.416 e. The molecule has 2 heterocycles. The number of hydrogen-bond acceptors (Lipinski definition) is 6. The monoisotopic (exact) mass is 450 g/mol. The molecule has 1 aliphatic carbocycles. The Kier molecular flexibility index (Phi) is 5.29. The van der Waals surface area contributed by atoms with Crippen molar-refractivity contribution in [2.75, 3.05) is 12.4 Å². The van der Waals surface area contributed by atoms with Crippen LogP contribution in [-0.2, 0) is 10.9 Å². The lowest BCUT2D eigenvalue weighted by atomic mass is 10.1. The van der Waals surface area contributed by atoms with Gasteiger partial charge in [0.1, 0.15) is 4.88 Å². The van der Waals surface area contributed by atoms with Crippen LogP contribution < -0.4 is 5.32 Å². The molecule has 162 valence electrons. The van der Waals surface area contributed by atoms with Crippen molar-refractivity contribution < 1.29 is 27.5 Å². The van der Waals surface area contributed by atoms with Gasteiger partial charge >= 0.3 is 12.1 Å². The van der Waals surface area contributed by atoms with Crippen molar-refractivity contribution in [3.8, 4) is 5.69 Å². The third kappa shape index (κ3) is 4.18. The van der Waals surface area contributed by atoms with Gasteiger partial charge in [-0.25, -0.2) is 14.5 Å². The molecular formula is C20H17F3N4O3S. The highest BCUT2D eigenvalue weighted by molar-refractivity contribution is 7.17. The number of methoxy groups -OCH3 is 1. The molecule has 0 atom stereocenters. The first-order valence-corrected chi connectivity index (χ1v) is 10.1. The average molecular weight is 450 g/mol. The van der Waals surface area contributed by atoms with E-state index in [1.807, 2.05) is 0 Å². The van der Waals surface area contributed by atoms with Gasteiger partial charge in [-0.2, -0.15) is 18.3 Å². The van der Waals surface area contributed by atoms with E-state index >= 15 is 0 Å². The summed E-state index contributed by atoms with van der Waals surface area (Å²) in [6.07, 6.45) is -1.52. The number of carbonyl (C=O) groups excluding carboxylic acids is 2. The summed E-state index contributed by atoms with van der Waals surface area (Å²) < 4.78 is 45.4. The molecule has 1 N–H and O–H groups in total. The van der Waals surface area contributed by atoms with Gasteiger partial charge < -0.3 is 4.74 Å². The molecule has 11 heteroatoms. The summed E-state index contributed by atoms with van der Waals surface area (Å²) in [6, 6.07) is 4.82. The molecule has 0 unspecified atom stereocenters. The van der Waals surface area contributed by atoms with Crippen molar-refractivity contribution in [2.24, 2.45) is 0 Å². The van der Waals surface area contributed by atoms with Crippen LogP contribution in [0, 0.1) is 6.92 Å². The van der Waals surface area contributed by atoms with E-state index < -0.39 is 23.6 Å². The zero-order valence-corrected chi connectivity index (χ0v) is 17.3. The fraction of sp³-hybridized carbons (Fsp3) is 0.300. The summed E-state index contributed by atoms with van der Waals surface area (Å²) >= 11 is 0.983. The van der Waals surface area contributed by atoms with Gasteiger partial charge in [-0.1, -0.05) is 17.4 Å². The van der Waals surface area contributed by atoms with Gasteiger partial charge in [0.2, 0.25) is 0 Å². The lowest BCUT2D eigenvalue weighted by molar-refractivity contribution is -0.137. The lowest BCUT2D eigenvalue weighted by Crippen LogP contribution is -2.14. The van der Waals surface area contributed by atoms with Gasteiger partial charge in [-0.05, 0) is 38.0 Å². The zero-order chi connectivity index (χ0) is 22.3. The van der Waals surface area contributed by atoms with E-state index in [1.54, 1.807) is 6.92 Å². The number of amides is 1. The van der Waals surface area contributed by atoms with E-state index in [4.69, 9.17) is 4.74 Å². The van der Waals surface area contributed by atoms with Crippen LogP contribution in [0.5, 0.6) is 0 Å².